The molecule has 4 saturated carbocycles. The first kappa shape index (κ1) is 104. The molecule has 136 heavy (non-hydrogen) atoms. The molecule has 0 aromatic carbocycles. The lowest BCUT2D eigenvalue weighted by Gasteiger charge is -2.31. The number of hydrogen-bond donors (Lipinski definition) is 8. The van der Waals surface area contributed by atoms with Crippen LogP contribution in [0.4, 0.5) is 59.6 Å². The van der Waals surface area contributed by atoms with E-state index in [1.807, 2.05) is 13.8 Å². The molecule has 8 atom stereocenters. The van der Waals surface area contributed by atoms with Gasteiger partial charge in [0.15, 0.2) is 50.2 Å². The number of carboxylic acids is 1. The maximum atomic E-state index is 13.3. The van der Waals surface area contributed by atoms with Crippen LogP contribution in [0.25, 0.3) is 32.9 Å². The molecular formula is C89H110Cl3N23O19S2. The van der Waals surface area contributed by atoms with E-state index in [1.165, 1.54) is 134 Å². The number of carbonyl (C=O) groups excluding carboxylic acids is 7. The van der Waals surface area contributed by atoms with E-state index in [2.05, 4.69) is 55.6 Å². The van der Waals surface area contributed by atoms with Crippen LogP contribution < -0.4 is 47.5 Å². The molecule has 10 N–H and O–H groups in total. The van der Waals surface area contributed by atoms with E-state index < -0.39 is 71.1 Å². The number of rotatable bonds is 18. The minimum Gasteiger partial charge on any atom is -0.477 e. The van der Waals surface area contributed by atoms with E-state index in [1.54, 1.807) is 138 Å². The number of aliphatic hydroxyl groups excluding tert-OH is 4. The second-order valence-corrected chi connectivity index (χ2v) is 40.3. The molecule has 0 unspecified atom stereocenters. The Morgan fingerprint density at radius 2 is 0.750 bits per heavy atom. The Balaban J connectivity index is 0.000000166. The van der Waals surface area contributed by atoms with Crippen molar-refractivity contribution in [3.8, 4) is 10.3 Å². The standard InChI is InChI=1S/C27H31N7O5S.2C18H23ClN4O4.C13H15ClN4O4.C9H9N3OS.C4H9NO/c1-15-13-28-25(40-15)33-10-6-7-18(24(33)37)30-21-12-22(32(5)26(38)39-27(2,3)4)34-23(31-21)17(14-29-34)20(36)11-16-8-9-19(16)35;2*1-18(2,3)27-17(26)22(4)15-8-14(19)21-16-11(9-20-23(15)16)13(25)7-10-5-6-12(10)24;1-13(2,3)22-12(21)17(4)9-5-8(14)16-10-7(11(19)20)6-15-18(9)10;1-6-5-11-9(14-6)12-4-2-3-7(10)8(12)13;5-3-1-2-4(3)6/h6-7,10,12-14,16,19,35H,8-9,11H2,1-5H3,(H,30,31);2*8-10,12,24H,5-7H2,1-4H3;5-6H,1-4H3,(H,19,20);2-5H,10H2,1H3;3-4,6H,1-2,5H2/t16-,19+;2*10-,12+;;;3-,4-/m000..1/s1. The summed E-state index contributed by atoms with van der Waals surface area (Å²) in [6.07, 6.45) is 15.2. The van der Waals surface area contributed by atoms with E-state index in [0.717, 1.165) is 60.9 Å². The normalized spacial score (nSPS) is 17.7. The second-order valence-electron chi connectivity index (χ2n) is 36.7. The summed E-state index contributed by atoms with van der Waals surface area (Å²) in [5.74, 6) is -0.468. The molecular weight excluding hydrogens is 1870 g/mol. The molecule has 0 spiro atoms. The fourth-order valence-electron chi connectivity index (χ4n) is 13.5. The van der Waals surface area contributed by atoms with Crippen molar-refractivity contribution >= 4 is 168 Å². The van der Waals surface area contributed by atoms with Crippen molar-refractivity contribution in [3.05, 3.63) is 166 Å². The van der Waals surface area contributed by atoms with Crippen molar-refractivity contribution in [2.45, 2.75) is 220 Å². The van der Waals surface area contributed by atoms with Gasteiger partial charge in [0.1, 0.15) is 78.2 Å². The highest BCUT2D eigenvalue weighted by Crippen LogP contribution is 2.37. The number of ether oxygens (including phenoxy) is 4. The number of amides is 4. The number of aliphatic hydroxyl groups is 4. The average molecular weight is 1980 g/mol. The van der Waals surface area contributed by atoms with E-state index in [4.69, 9.17) is 75.4 Å². The largest absolute Gasteiger partial charge is 0.477 e. The van der Waals surface area contributed by atoms with Gasteiger partial charge in [-0.1, -0.05) is 34.8 Å². The van der Waals surface area contributed by atoms with Gasteiger partial charge in [-0.15, -0.1) is 22.7 Å². The molecule has 16 rings (SSSR count). The highest BCUT2D eigenvalue weighted by atomic mass is 35.5. The number of pyridine rings is 2. The average Bonchev–Trinajstić information content (AvgIpc) is 1.63. The first-order chi connectivity index (χ1) is 63.6. The molecule has 0 saturated heterocycles. The van der Waals surface area contributed by atoms with Crippen molar-refractivity contribution < 1.29 is 82.8 Å². The third-order valence-corrected chi connectivity index (χ3v) is 23.9. The summed E-state index contributed by atoms with van der Waals surface area (Å²) in [6.45, 7) is 25.0. The van der Waals surface area contributed by atoms with Gasteiger partial charge in [-0.2, -0.15) is 38.5 Å². The van der Waals surface area contributed by atoms with Crippen LogP contribution in [0, 0.1) is 31.6 Å². The number of nitrogens with one attached hydrogen (secondary N) is 1. The molecule has 4 fully saturated rings. The summed E-state index contributed by atoms with van der Waals surface area (Å²) in [6, 6.07) is 12.6. The molecule has 12 aromatic rings. The lowest BCUT2D eigenvalue weighted by molar-refractivity contribution is 0.0199. The topological polar surface area (TPSA) is 542 Å². The Morgan fingerprint density at radius 1 is 0.449 bits per heavy atom. The SMILES string of the molecule is CN(C(=O)OC(C)(C)C)c1cc(Cl)nc2c(C(=O)C[C@@H]3CC[C@H]3O)cnn12.CN(C(=O)OC(C)(C)C)c1cc(Cl)nc2c(C(=O)C[C@@H]3CC[C@H]3O)cnn12.CN(C(=O)OC(C)(C)C)c1cc(Cl)nc2c(C(=O)O)cnn12.Cc1cnc(-n2cccc(N)c2=O)s1.Cc1cnc(-n2cccc(Nc3cc(N(C)C(=O)OC(C)(C)C)n4ncc(C(=O)C[C@@H]5CC[C@H]5O)c4n3)c2=O)s1.N[C@@H]1CC[C@H]1O. The fourth-order valence-corrected chi connectivity index (χ4v) is 15.5. The Bertz CT molecular complexity index is 6420. The molecule has 0 bridgehead atoms. The van der Waals surface area contributed by atoms with Gasteiger partial charge in [0.05, 0.1) is 71.6 Å². The number of fused-ring (bicyclic) bond motifs is 4. The van der Waals surface area contributed by atoms with Gasteiger partial charge in [0.25, 0.3) is 11.1 Å². The molecule has 0 radical (unpaired) electrons. The third-order valence-electron chi connectivity index (χ3n) is 21.5. The molecule has 47 heteroatoms. The Morgan fingerprint density at radius 3 is 1.03 bits per heavy atom. The molecule has 4 aliphatic carbocycles. The van der Waals surface area contributed by atoms with Crippen LogP contribution in [0.2, 0.25) is 15.5 Å². The summed E-state index contributed by atoms with van der Waals surface area (Å²) in [5, 5.41) is 68.4. The number of hydrogen-bond acceptors (Lipinski definition) is 33. The van der Waals surface area contributed by atoms with Gasteiger partial charge in [-0.05, 0) is 190 Å². The number of halogens is 3. The van der Waals surface area contributed by atoms with Crippen molar-refractivity contribution in [1.82, 2.24) is 77.5 Å². The maximum Gasteiger partial charge on any atom is 0.415 e. The number of carboxylic acid groups (broad SMARTS) is 1. The zero-order valence-electron chi connectivity index (χ0n) is 78.1. The van der Waals surface area contributed by atoms with Gasteiger partial charge < -0.3 is 61.3 Å². The molecule has 12 heterocycles. The molecule has 4 amide bonds. The molecule has 4 aliphatic rings. The zero-order chi connectivity index (χ0) is 100.0. The number of nitrogens with two attached hydrogens (primary N) is 2. The van der Waals surface area contributed by atoms with Crippen LogP contribution in [-0.4, -0.2) is 232 Å². The third kappa shape index (κ3) is 25.8. The van der Waals surface area contributed by atoms with Crippen molar-refractivity contribution in [1.29, 1.82) is 0 Å². The minimum atomic E-state index is -1.18. The van der Waals surface area contributed by atoms with Crippen LogP contribution >= 0.6 is 57.5 Å². The Hall–Kier alpha value is -12.5. The van der Waals surface area contributed by atoms with Gasteiger partial charge in [0, 0.05) is 112 Å². The van der Waals surface area contributed by atoms with Crippen LogP contribution in [0.15, 0.2) is 108 Å². The fraction of sp³-hybridized carbons (Fsp3) is 0.461. The summed E-state index contributed by atoms with van der Waals surface area (Å²) in [7, 11) is 6.07. The number of Topliss-reactive ketones (excluding diaryl/α,β-unsaturated/α-hetero) is 3. The van der Waals surface area contributed by atoms with E-state index in [9.17, 15) is 63.3 Å². The van der Waals surface area contributed by atoms with Crippen LogP contribution in [0.5, 0.6) is 0 Å². The number of nitrogens with zero attached hydrogens (tertiary/aromatic N) is 20. The second kappa shape index (κ2) is 42.8. The van der Waals surface area contributed by atoms with Crippen LogP contribution in [0.1, 0.15) is 205 Å². The molecule has 42 nitrogen and oxygen atoms in total. The summed E-state index contributed by atoms with van der Waals surface area (Å²) in [4.78, 5) is 157. The van der Waals surface area contributed by atoms with Crippen molar-refractivity contribution in [2.75, 3.05) is 58.8 Å². The maximum absolute atomic E-state index is 13.3. The molecule has 12 aromatic heterocycles. The summed E-state index contributed by atoms with van der Waals surface area (Å²) in [5.41, 5.74) is 9.53. The van der Waals surface area contributed by atoms with Gasteiger partial charge >= 0.3 is 30.3 Å². The number of aromatic nitrogens is 16. The predicted molar refractivity (Wildman–Crippen MR) is 511 cm³/mol. The Kier molecular flexibility index (Phi) is 32.7. The first-order valence-corrected chi connectivity index (χ1v) is 45.9. The number of aromatic carboxylic acids is 1. The smallest absolute Gasteiger partial charge is 0.415 e. The Labute approximate surface area is 803 Å². The molecule has 0 aliphatic heterocycles. The number of ketones is 3. The number of anilines is 7. The zero-order valence-corrected chi connectivity index (χ0v) is 82.0. The monoisotopic (exact) mass is 1970 g/mol. The van der Waals surface area contributed by atoms with Gasteiger partial charge in [0.2, 0.25) is 0 Å². The van der Waals surface area contributed by atoms with Crippen molar-refractivity contribution in [3.63, 3.8) is 0 Å². The van der Waals surface area contributed by atoms with Crippen LogP contribution in [0.3, 0.4) is 0 Å². The van der Waals surface area contributed by atoms with E-state index in [0.29, 0.717) is 39.4 Å². The predicted octanol–water partition coefficient (Wildman–Crippen LogP) is 13.4. The highest BCUT2D eigenvalue weighted by molar-refractivity contribution is 7.14. The van der Waals surface area contributed by atoms with E-state index >= 15 is 0 Å². The lowest BCUT2D eigenvalue weighted by atomic mass is 9.78. The number of nitrogen functional groups attached to an aromatic ring is 1. The highest BCUT2D eigenvalue weighted by Gasteiger charge is 2.38. The number of thiazole rings is 2. The summed E-state index contributed by atoms with van der Waals surface area (Å²) < 4.78 is 29.8. The number of aryl methyl sites for hydroxylation is 2. The van der Waals surface area contributed by atoms with Gasteiger partial charge in [-0.3, -0.25) is 52.7 Å². The molecule has 728 valence electrons. The quantitative estimate of drug-likeness (QED) is 0.0225. The van der Waals surface area contributed by atoms with Crippen molar-refractivity contribution in [2.24, 2.45) is 23.5 Å². The lowest BCUT2D eigenvalue weighted by Crippen LogP contribution is -2.43. The first-order valence-electron chi connectivity index (χ1n) is 43.1. The number of carbonyl (C=O) groups is 8. The summed E-state index contributed by atoms with van der Waals surface area (Å²) >= 11 is 21.0. The minimum absolute atomic E-state index is 0.0319. The van der Waals surface area contributed by atoms with Crippen LogP contribution in [-0.2, 0) is 18.9 Å². The van der Waals surface area contributed by atoms with Gasteiger partial charge in [-0.25, -0.2) is 53.9 Å². The van der Waals surface area contributed by atoms with E-state index in [-0.39, 0.29) is 156 Å².